The fraction of sp³-hybridized carbons (Fsp3) is 0.250. The third-order valence-electron chi connectivity index (χ3n) is 3.37. The van der Waals surface area contributed by atoms with Crippen LogP contribution in [-0.2, 0) is 0 Å². The lowest BCUT2D eigenvalue weighted by Crippen LogP contribution is -2.21. The number of benzene rings is 1. The van der Waals surface area contributed by atoms with E-state index >= 15 is 0 Å². The van der Waals surface area contributed by atoms with Crippen molar-refractivity contribution >= 4 is 34.4 Å². The van der Waals surface area contributed by atoms with Crippen molar-refractivity contribution in [2.45, 2.75) is 18.3 Å². The average Bonchev–Trinajstić information content (AvgIpc) is 2.94. The van der Waals surface area contributed by atoms with Gasteiger partial charge in [0.15, 0.2) is 11.8 Å². The largest absolute Gasteiger partial charge is 0.484 e. The summed E-state index contributed by atoms with van der Waals surface area (Å²) >= 11 is 7.28. The van der Waals surface area contributed by atoms with Gasteiger partial charge in [-0.1, -0.05) is 30.3 Å². The quantitative estimate of drug-likeness (QED) is 0.506. The minimum absolute atomic E-state index is 0.0579. The van der Waals surface area contributed by atoms with Gasteiger partial charge >= 0.3 is 6.18 Å². The molecule has 2 heterocycles. The summed E-state index contributed by atoms with van der Waals surface area (Å²) in [6.45, 7) is 0.541. The van der Waals surface area contributed by atoms with E-state index in [1.807, 2.05) is 6.92 Å². The van der Waals surface area contributed by atoms with E-state index < -0.39 is 12.8 Å². The van der Waals surface area contributed by atoms with Gasteiger partial charge in [-0.15, -0.1) is 0 Å². The van der Waals surface area contributed by atoms with Crippen LogP contribution >= 0.6 is 23.4 Å². The minimum atomic E-state index is -4.41. The number of fused-ring (bicyclic) bond motifs is 1. The number of aromatic nitrogens is 3. The maximum atomic E-state index is 12.8. The summed E-state index contributed by atoms with van der Waals surface area (Å²) < 4.78 is 42.8. The fourth-order valence-corrected chi connectivity index (χ4v) is 3.26. The number of aromatic amines is 1. The van der Waals surface area contributed by atoms with Gasteiger partial charge in [0.1, 0.15) is 16.5 Å². The number of H-pyrrole nitrogens is 1. The van der Waals surface area contributed by atoms with Crippen molar-refractivity contribution in [2.75, 3.05) is 12.4 Å². The van der Waals surface area contributed by atoms with Crippen molar-refractivity contribution in [3.8, 4) is 11.4 Å². The fourth-order valence-electron chi connectivity index (χ4n) is 2.33. The number of ether oxygens (including phenoxy) is 1. The minimum Gasteiger partial charge on any atom is -0.484 e. The molecule has 2 aromatic heterocycles. The van der Waals surface area contributed by atoms with E-state index in [1.54, 1.807) is 0 Å². The summed E-state index contributed by atoms with van der Waals surface area (Å²) in [6, 6.07) is 7.26. The summed E-state index contributed by atoms with van der Waals surface area (Å²) in [6.07, 6.45) is -4.41. The Morgan fingerprint density at radius 3 is 2.62 bits per heavy atom. The first-order valence-electron chi connectivity index (χ1n) is 7.52. The average molecular weight is 404 g/mol. The number of alkyl halides is 3. The summed E-state index contributed by atoms with van der Waals surface area (Å²) in [5.74, 6) is 0.738. The number of halogens is 4. The Balaban J connectivity index is 2.02. The molecule has 0 aliphatic heterocycles. The van der Waals surface area contributed by atoms with Gasteiger partial charge in [0.05, 0.1) is 11.1 Å². The predicted molar refractivity (Wildman–Crippen MR) is 94.6 cm³/mol. The van der Waals surface area contributed by atoms with Crippen LogP contribution in [0.3, 0.4) is 0 Å². The lowest BCUT2D eigenvalue weighted by molar-refractivity contribution is -0.153. The van der Waals surface area contributed by atoms with Gasteiger partial charge in [0.25, 0.3) is 5.56 Å². The number of nitrogens with one attached hydrogen (secondary N) is 1. The summed E-state index contributed by atoms with van der Waals surface area (Å²) in [5, 5.41) is 1.08. The molecule has 0 saturated heterocycles. The van der Waals surface area contributed by atoms with E-state index in [1.165, 1.54) is 46.7 Å². The Hall–Kier alpha value is -2.13. The highest BCUT2D eigenvalue weighted by Gasteiger charge is 2.28. The molecular weight excluding hydrogens is 391 g/mol. The Kier molecular flexibility index (Phi) is 5.19. The van der Waals surface area contributed by atoms with Gasteiger partial charge < -0.3 is 9.72 Å². The number of rotatable bonds is 5. The first-order valence-corrected chi connectivity index (χ1v) is 8.89. The number of hydrogen-bond donors (Lipinski definition) is 1. The second-order valence-electron chi connectivity index (χ2n) is 5.25. The molecule has 138 valence electrons. The molecule has 0 aliphatic rings. The van der Waals surface area contributed by atoms with Gasteiger partial charge in [-0.3, -0.25) is 9.36 Å². The topological polar surface area (TPSA) is 59.9 Å². The molecule has 0 saturated carbocycles. The molecule has 0 amide bonds. The highest BCUT2D eigenvalue weighted by atomic mass is 35.5. The molecule has 0 radical (unpaired) electrons. The normalized spacial score (nSPS) is 11.9. The summed E-state index contributed by atoms with van der Waals surface area (Å²) in [7, 11) is 0. The summed E-state index contributed by atoms with van der Waals surface area (Å²) in [5.41, 5.74) is 0.535. The van der Waals surface area contributed by atoms with E-state index in [0.717, 1.165) is 0 Å². The second-order valence-corrected chi connectivity index (χ2v) is 6.88. The third kappa shape index (κ3) is 3.99. The van der Waals surface area contributed by atoms with E-state index in [9.17, 15) is 18.0 Å². The third-order valence-corrected chi connectivity index (χ3v) is 4.39. The molecule has 1 N–H and O–H groups in total. The molecule has 0 unspecified atom stereocenters. The SMILES string of the molecule is CCSc1nc2[nH]c(Cl)cc2c(=O)n1-c1ccc(OCC(F)(F)F)cc1. The van der Waals surface area contributed by atoms with Crippen molar-refractivity contribution in [1.29, 1.82) is 0 Å². The Morgan fingerprint density at radius 2 is 2.00 bits per heavy atom. The van der Waals surface area contributed by atoms with E-state index in [0.29, 0.717) is 32.8 Å². The van der Waals surface area contributed by atoms with Gasteiger partial charge in [-0.2, -0.15) is 13.2 Å². The van der Waals surface area contributed by atoms with Gasteiger partial charge in [-0.05, 0) is 36.1 Å². The molecule has 0 bridgehead atoms. The monoisotopic (exact) mass is 403 g/mol. The van der Waals surface area contributed by atoms with Crippen molar-refractivity contribution in [3.05, 3.63) is 45.8 Å². The van der Waals surface area contributed by atoms with Crippen LogP contribution in [0.4, 0.5) is 13.2 Å². The van der Waals surface area contributed by atoms with E-state index in [-0.39, 0.29) is 11.3 Å². The van der Waals surface area contributed by atoms with Crippen LogP contribution in [0.2, 0.25) is 5.15 Å². The predicted octanol–water partition coefficient (Wildman–Crippen LogP) is 4.42. The van der Waals surface area contributed by atoms with E-state index in [2.05, 4.69) is 14.7 Å². The Labute approximate surface area is 155 Å². The highest BCUT2D eigenvalue weighted by Crippen LogP contribution is 2.24. The maximum absolute atomic E-state index is 12.8. The zero-order valence-electron chi connectivity index (χ0n) is 13.4. The molecule has 0 fully saturated rings. The molecule has 0 aliphatic carbocycles. The maximum Gasteiger partial charge on any atom is 0.422 e. The van der Waals surface area contributed by atoms with Crippen LogP contribution in [0.5, 0.6) is 5.75 Å². The van der Waals surface area contributed by atoms with Crippen molar-refractivity contribution in [1.82, 2.24) is 14.5 Å². The lowest BCUT2D eigenvalue weighted by atomic mass is 10.3. The zero-order valence-corrected chi connectivity index (χ0v) is 15.0. The molecule has 3 aromatic rings. The molecular formula is C16H13ClF3N3O2S. The molecule has 10 heteroatoms. The summed E-state index contributed by atoms with van der Waals surface area (Å²) in [4.78, 5) is 20.1. The number of thioether (sulfide) groups is 1. The zero-order chi connectivity index (χ0) is 18.9. The first-order chi connectivity index (χ1) is 12.3. The van der Waals surface area contributed by atoms with Crippen LogP contribution in [0.15, 0.2) is 40.3 Å². The second kappa shape index (κ2) is 7.24. The van der Waals surface area contributed by atoms with Crippen LogP contribution in [0, 0.1) is 0 Å². The van der Waals surface area contributed by atoms with Crippen molar-refractivity contribution < 1.29 is 17.9 Å². The standard InChI is InChI=1S/C16H13ClF3N3O2S/c1-2-26-15-22-13-11(7-12(17)21-13)14(24)23(15)9-3-5-10(6-4-9)25-8-16(18,19)20/h3-7,21H,2,8H2,1H3. The molecule has 26 heavy (non-hydrogen) atoms. The smallest absolute Gasteiger partial charge is 0.422 e. The van der Waals surface area contributed by atoms with Gasteiger partial charge in [0.2, 0.25) is 0 Å². The molecule has 1 aromatic carbocycles. The Morgan fingerprint density at radius 1 is 1.31 bits per heavy atom. The Bertz CT molecular complexity index is 983. The first kappa shape index (κ1) is 18.7. The number of hydrogen-bond acceptors (Lipinski definition) is 4. The lowest BCUT2D eigenvalue weighted by Gasteiger charge is -2.13. The highest BCUT2D eigenvalue weighted by molar-refractivity contribution is 7.99. The van der Waals surface area contributed by atoms with Crippen molar-refractivity contribution in [3.63, 3.8) is 0 Å². The van der Waals surface area contributed by atoms with Crippen LogP contribution in [0.1, 0.15) is 6.92 Å². The van der Waals surface area contributed by atoms with E-state index in [4.69, 9.17) is 11.6 Å². The molecule has 3 rings (SSSR count). The molecule has 0 atom stereocenters. The van der Waals surface area contributed by atoms with Gasteiger partial charge in [-0.25, -0.2) is 4.98 Å². The van der Waals surface area contributed by atoms with Crippen LogP contribution < -0.4 is 10.3 Å². The van der Waals surface area contributed by atoms with Crippen LogP contribution in [0.25, 0.3) is 16.7 Å². The molecule has 0 spiro atoms. The van der Waals surface area contributed by atoms with Crippen LogP contribution in [-0.4, -0.2) is 33.1 Å². The number of nitrogens with zero attached hydrogens (tertiary/aromatic N) is 2. The van der Waals surface area contributed by atoms with Crippen molar-refractivity contribution in [2.24, 2.45) is 0 Å². The molecule has 5 nitrogen and oxygen atoms in total. The van der Waals surface area contributed by atoms with Gasteiger partial charge in [0, 0.05) is 0 Å².